The zero-order chi connectivity index (χ0) is 13.7. The monoisotopic (exact) mass is 261 g/mol. The SMILES string of the molecule is COc1cccc(NC(=O)NCc2n[nH]c(C)n2)c1. The van der Waals surface area contributed by atoms with Crippen LogP contribution in [-0.4, -0.2) is 28.3 Å². The van der Waals surface area contributed by atoms with E-state index in [-0.39, 0.29) is 12.6 Å². The number of amides is 2. The normalized spacial score (nSPS) is 10.0. The molecule has 2 amide bonds. The number of rotatable bonds is 4. The lowest BCUT2D eigenvalue weighted by atomic mass is 10.3. The molecule has 0 spiro atoms. The summed E-state index contributed by atoms with van der Waals surface area (Å²) in [5.41, 5.74) is 0.656. The lowest BCUT2D eigenvalue weighted by Gasteiger charge is -2.07. The van der Waals surface area contributed by atoms with Crippen LogP contribution in [0.15, 0.2) is 24.3 Å². The molecule has 19 heavy (non-hydrogen) atoms. The van der Waals surface area contributed by atoms with E-state index in [0.717, 1.165) is 0 Å². The maximum atomic E-state index is 11.7. The molecule has 0 aliphatic heterocycles. The van der Waals surface area contributed by atoms with Gasteiger partial charge in [-0.2, -0.15) is 5.10 Å². The standard InChI is InChI=1S/C12H15N5O2/c1-8-14-11(17-16-8)7-13-12(18)15-9-4-3-5-10(6-9)19-2/h3-6H,7H2,1-2H3,(H2,13,15,18)(H,14,16,17). The van der Waals surface area contributed by atoms with Crippen LogP contribution in [0.3, 0.4) is 0 Å². The van der Waals surface area contributed by atoms with E-state index in [0.29, 0.717) is 23.1 Å². The third-order valence-corrected chi connectivity index (χ3v) is 2.38. The minimum atomic E-state index is -0.323. The van der Waals surface area contributed by atoms with Gasteiger partial charge in [0.15, 0.2) is 5.82 Å². The topological polar surface area (TPSA) is 91.9 Å². The van der Waals surface area contributed by atoms with Gasteiger partial charge in [-0.25, -0.2) is 9.78 Å². The number of ether oxygens (including phenoxy) is 1. The summed E-state index contributed by atoms with van der Waals surface area (Å²) in [6, 6.07) is 6.79. The largest absolute Gasteiger partial charge is 0.497 e. The molecular formula is C12H15N5O2. The van der Waals surface area contributed by atoms with Crippen molar-refractivity contribution in [2.45, 2.75) is 13.5 Å². The number of hydrogen-bond donors (Lipinski definition) is 3. The van der Waals surface area contributed by atoms with E-state index in [4.69, 9.17) is 4.74 Å². The molecule has 7 nitrogen and oxygen atoms in total. The van der Waals surface area contributed by atoms with E-state index in [1.165, 1.54) is 0 Å². The van der Waals surface area contributed by atoms with Crippen LogP contribution in [0.2, 0.25) is 0 Å². The van der Waals surface area contributed by atoms with Crippen molar-refractivity contribution in [3.05, 3.63) is 35.9 Å². The van der Waals surface area contributed by atoms with Crippen LogP contribution in [0.4, 0.5) is 10.5 Å². The summed E-state index contributed by atoms with van der Waals surface area (Å²) in [6.07, 6.45) is 0. The lowest BCUT2D eigenvalue weighted by molar-refractivity contribution is 0.251. The average molecular weight is 261 g/mol. The number of aromatic nitrogens is 3. The highest BCUT2D eigenvalue weighted by molar-refractivity contribution is 5.89. The number of nitrogens with one attached hydrogen (secondary N) is 3. The van der Waals surface area contributed by atoms with Gasteiger partial charge in [0.25, 0.3) is 0 Å². The maximum Gasteiger partial charge on any atom is 0.319 e. The number of aryl methyl sites for hydroxylation is 1. The van der Waals surface area contributed by atoms with Gasteiger partial charge in [0.2, 0.25) is 0 Å². The van der Waals surface area contributed by atoms with Crippen LogP contribution in [0.25, 0.3) is 0 Å². The number of urea groups is 1. The molecule has 0 saturated carbocycles. The molecule has 1 aromatic heterocycles. The molecule has 0 radical (unpaired) electrons. The van der Waals surface area contributed by atoms with Crippen LogP contribution in [0.1, 0.15) is 11.6 Å². The van der Waals surface area contributed by atoms with Crippen LogP contribution in [0.5, 0.6) is 5.75 Å². The molecule has 3 N–H and O–H groups in total. The number of carbonyl (C=O) groups is 1. The Labute approximate surface area is 110 Å². The molecule has 100 valence electrons. The van der Waals surface area contributed by atoms with Crippen LogP contribution in [0, 0.1) is 6.92 Å². The molecule has 0 bridgehead atoms. The third kappa shape index (κ3) is 3.70. The molecule has 0 unspecified atom stereocenters. The van der Waals surface area contributed by atoms with Gasteiger partial charge in [-0.15, -0.1) is 0 Å². The van der Waals surface area contributed by atoms with Crippen molar-refractivity contribution < 1.29 is 9.53 Å². The van der Waals surface area contributed by atoms with Crippen molar-refractivity contribution >= 4 is 11.7 Å². The Morgan fingerprint density at radius 2 is 2.32 bits per heavy atom. The third-order valence-electron chi connectivity index (χ3n) is 2.38. The van der Waals surface area contributed by atoms with E-state index in [2.05, 4.69) is 25.8 Å². The molecule has 1 heterocycles. The number of aromatic amines is 1. The molecule has 0 atom stereocenters. The zero-order valence-corrected chi connectivity index (χ0v) is 10.7. The quantitative estimate of drug-likeness (QED) is 0.776. The summed E-state index contributed by atoms with van der Waals surface area (Å²) in [7, 11) is 1.57. The Morgan fingerprint density at radius 3 is 3.00 bits per heavy atom. The highest BCUT2D eigenvalue weighted by Gasteiger charge is 2.05. The summed E-state index contributed by atoms with van der Waals surface area (Å²) < 4.78 is 5.07. The smallest absolute Gasteiger partial charge is 0.319 e. The molecule has 2 aromatic rings. The number of nitrogens with zero attached hydrogens (tertiary/aromatic N) is 2. The van der Waals surface area contributed by atoms with Crippen LogP contribution < -0.4 is 15.4 Å². The fraction of sp³-hybridized carbons (Fsp3) is 0.250. The first kappa shape index (κ1) is 12.9. The van der Waals surface area contributed by atoms with Gasteiger partial charge in [-0.3, -0.25) is 5.10 Å². The molecule has 1 aromatic carbocycles. The molecule has 0 saturated heterocycles. The van der Waals surface area contributed by atoms with Crippen molar-refractivity contribution in [3.63, 3.8) is 0 Å². The number of benzene rings is 1. The van der Waals surface area contributed by atoms with Gasteiger partial charge >= 0.3 is 6.03 Å². The predicted octanol–water partition coefficient (Wildman–Crippen LogP) is 1.44. The van der Waals surface area contributed by atoms with Gasteiger partial charge in [-0.05, 0) is 19.1 Å². The first-order valence-corrected chi connectivity index (χ1v) is 5.74. The number of carbonyl (C=O) groups excluding carboxylic acids is 1. The first-order chi connectivity index (χ1) is 9.17. The number of methoxy groups -OCH3 is 1. The Hall–Kier alpha value is -2.57. The van der Waals surface area contributed by atoms with Crippen molar-refractivity contribution in [1.29, 1.82) is 0 Å². The Kier molecular flexibility index (Phi) is 3.97. The average Bonchev–Trinajstić information content (AvgIpc) is 2.82. The maximum absolute atomic E-state index is 11.7. The van der Waals surface area contributed by atoms with Gasteiger partial charge in [0.1, 0.15) is 11.6 Å². The molecular weight excluding hydrogens is 246 g/mol. The van der Waals surface area contributed by atoms with Crippen molar-refractivity contribution in [2.75, 3.05) is 12.4 Å². The minimum absolute atomic E-state index is 0.264. The fourth-order valence-electron chi connectivity index (χ4n) is 1.50. The van der Waals surface area contributed by atoms with Gasteiger partial charge in [-0.1, -0.05) is 6.07 Å². The van der Waals surface area contributed by atoms with E-state index in [1.807, 2.05) is 0 Å². The molecule has 0 fully saturated rings. The Bertz CT molecular complexity index is 567. The summed E-state index contributed by atoms with van der Waals surface area (Å²) in [5, 5.41) is 12.0. The van der Waals surface area contributed by atoms with Crippen molar-refractivity contribution in [3.8, 4) is 5.75 Å². The molecule has 0 aliphatic carbocycles. The molecule has 0 aliphatic rings. The predicted molar refractivity (Wildman–Crippen MR) is 70.0 cm³/mol. The van der Waals surface area contributed by atoms with Crippen LogP contribution in [-0.2, 0) is 6.54 Å². The van der Waals surface area contributed by atoms with E-state index in [1.54, 1.807) is 38.3 Å². The van der Waals surface area contributed by atoms with Gasteiger partial charge in [0.05, 0.1) is 13.7 Å². The highest BCUT2D eigenvalue weighted by atomic mass is 16.5. The lowest BCUT2D eigenvalue weighted by Crippen LogP contribution is -2.28. The van der Waals surface area contributed by atoms with Crippen molar-refractivity contribution in [1.82, 2.24) is 20.5 Å². The minimum Gasteiger partial charge on any atom is -0.497 e. The fourth-order valence-corrected chi connectivity index (χ4v) is 1.50. The van der Waals surface area contributed by atoms with Crippen molar-refractivity contribution in [2.24, 2.45) is 0 Å². The van der Waals surface area contributed by atoms with Gasteiger partial charge < -0.3 is 15.4 Å². The second-order valence-electron chi connectivity index (χ2n) is 3.88. The number of H-pyrrole nitrogens is 1. The van der Waals surface area contributed by atoms with Gasteiger partial charge in [0, 0.05) is 11.8 Å². The highest BCUT2D eigenvalue weighted by Crippen LogP contribution is 2.16. The second-order valence-corrected chi connectivity index (χ2v) is 3.88. The molecule has 7 heteroatoms. The number of hydrogen-bond acceptors (Lipinski definition) is 4. The first-order valence-electron chi connectivity index (χ1n) is 5.74. The summed E-state index contributed by atoms with van der Waals surface area (Å²) >= 11 is 0. The summed E-state index contributed by atoms with van der Waals surface area (Å²) in [4.78, 5) is 15.8. The van der Waals surface area contributed by atoms with E-state index < -0.39 is 0 Å². The molecule has 2 rings (SSSR count). The Balaban J connectivity index is 1.86. The second kappa shape index (κ2) is 5.85. The number of anilines is 1. The van der Waals surface area contributed by atoms with Crippen LogP contribution >= 0.6 is 0 Å². The van der Waals surface area contributed by atoms with E-state index >= 15 is 0 Å². The Morgan fingerprint density at radius 1 is 1.47 bits per heavy atom. The van der Waals surface area contributed by atoms with E-state index in [9.17, 15) is 4.79 Å². The summed E-state index contributed by atoms with van der Waals surface area (Å²) in [5.74, 6) is 1.94. The zero-order valence-electron chi connectivity index (χ0n) is 10.7. The summed E-state index contributed by atoms with van der Waals surface area (Å²) in [6.45, 7) is 2.06.